The fourth-order valence-corrected chi connectivity index (χ4v) is 2.37. The van der Waals surface area contributed by atoms with Crippen molar-refractivity contribution >= 4 is 22.8 Å². The predicted octanol–water partition coefficient (Wildman–Crippen LogP) is -0.154. The smallest absolute Gasteiger partial charge is 0.241 e. The highest BCUT2D eigenvalue weighted by atomic mass is 16.3. The molecular weight excluding hydrogens is 246 g/mol. The number of hydrogen-bond donors (Lipinski definition) is 4. The van der Waals surface area contributed by atoms with E-state index in [1.54, 1.807) is 6.20 Å². The van der Waals surface area contributed by atoms with Crippen LogP contribution in [0.1, 0.15) is 13.3 Å². The van der Waals surface area contributed by atoms with Gasteiger partial charge in [0.1, 0.15) is 5.82 Å². The number of nitrogens with zero attached hydrogens (tertiary/aromatic N) is 4. The lowest BCUT2D eigenvalue weighted by Gasteiger charge is -2.35. The summed E-state index contributed by atoms with van der Waals surface area (Å²) >= 11 is 0. The van der Waals surface area contributed by atoms with E-state index in [0.29, 0.717) is 24.1 Å². The Morgan fingerprint density at radius 1 is 1.53 bits per heavy atom. The first-order chi connectivity index (χ1) is 9.19. The van der Waals surface area contributed by atoms with E-state index in [4.69, 9.17) is 5.84 Å². The van der Waals surface area contributed by atoms with Crippen LogP contribution in [0.15, 0.2) is 6.20 Å². The van der Waals surface area contributed by atoms with Gasteiger partial charge in [0.15, 0.2) is 5.65 Å². The molecule has 19 heavy (non-hydrogen) atoms. The number of aliphatic hydroxyl groups is 1. The van der Waals surface area contributed by atoms with Crippen LogP contribution in [-0.2, 0) is 0 Å². The van der Waals surface area contributed by atoms with Gasteiger partial charge in [0.05, 0.1) is 17.7 Å². The number of aromatic amines is 1. The molecule has 0 saturated carbocycles. The van der Waals surface area contributed by atoms with Gasteiger partial charge in [-0.15, -0.1) is 0 Å². The molecule has 2 atom stereocenters. The van der Waals surface area contributed by atoms with Crippen molar-refractivity contribution in [2.75, 3.05) is 23.4 Å². The number of H-pyrrole nitrogens is 1. The zero-order valence-electron chi connectivity index (χ0n) is 10.7. The number of anilines is 2. The van der Waals surface area contributed by atoms with E-state index in [0.717, 1.165) is 24.2 Å². The molecule has 0 aliphatic carbocycles. The Bertz CT molecular complexity index is 583. The van der Waals surface area contributed by atoms with E-state index < -0.39 is 0 Å². The highest BCUT2D eigenvalue weighted by Gasteiger charge is 2.26. The summed E-state index contributed by atoms with van der Waals surface area (Å²) in [5.74, 6) is 6.77. The summed E-state index contributed by atoms with van der Waals surface area (Å²) in [6, 6.07) is 0. The van der Waals surface area contributed by atoms with Gasteiger partial charge in [-0.1, -0.05) is 6.92 Å². The molecule has 2 aromatic rings. The van der Waals surface area contributed by atoms with Crippen molar-refractivity contribution in [2.24, 2.45) is 11.8 Å². The number of nitrogens with two attached hydrogens (primary N) is 1. The van der Waals surface area contributed by atoms with Crippen molar-refractivity contribution in [1.29, 1.82) is 0 Å². The van der Waals surface area contributed by atoms with E-state index in [-0.39, 0.29) is 6.10 Å². The van der Waals surface area contributed by atoms with Crippen LogP contribution in [0.3, 0.4) is 0 Å². The molecule has 2 unspecified atom stereocenters. The van der Waals surface area contributed by atoms with Gasteiger partial charge in [0, 0.05) is 13.1 Å². The van der Waals surface area contributed by atoms with Gasteiger partial charge in [-0.05, 0) is 12.3 Å². The summed E-state index contributed by atoms with van der Waals surface area (Å²) in [7, 11) is 0. The van der Waals surface area contributed by atoms with E-state index >= 15 is 0 Å². The lowest BCUT2D eigenvalue weighted by Crippen LogP contribution is -2.43. The molecule has 1 saturated heterocycles. The molecule has 8 nitrogen and oxygen atoms in total. The van der Waals surface area contributed by atoms with Crippen LogP contribution >= 0.6 is 0 Å². The van der Waals surface area contributed by atoms with Crippen molar-refractivity contribution in [1.82, 2.24) is 20.2 Å². The minimum atomic E-state index is -0.347. The number of nitrogens with one attached hydrogen (secondary N) is 2. The Morgan fingerprint density at radius 3 is 3.11 bits per heavy atom. The zero-order chi connectivity index (χ0) is 13.4. The first kappa shape index (κ1) is 12.1. The van der Waals surface area contributed by atoms with Gasteiger partial charge in [-0.2, -0.15) is 15.1 Å². The SMILES string of the molecule is CC1CCN(c2nc(NN)nc3[nH]ncc23)CC1O. The van der Waals surface area contributed by atoms with Crippen molar-refractivity contribution in [3.8, 4) is 0 Å². The number of hydrazine groups is 1. The van der Waals surface area contributed by atoms with Crippen LogP contribution in [0, 0.1) is 5.92 Å². The number of β-amino-alcohol motifs (C(OH)–C–C–N with tert-alkyl or cyclic N) is 1. The lowest BCUT2D eigenvalue weighted by molar-refractivity contribution is 0.103. The number of fused-ring (bicyclic) bond motifs is 1. The minimum Gasteiger partial charge on any atom is -0.391 e. The lowest BCUT2D eigenvalue weighted by atomic mass is 9.96. The molecule has 2 aromatic heterocycles. The monoisotopic (exact) mass is 263 g/mol. The van der Waals surface area contributed by atoms with Crippen LogP contribution in [0.25, 0.3) is 11.0 Å². The first-order valence-corrected chi connectivity index (χ1v) is 6.30. The van der Waals surface area contributed by atoms with Crippen molar-refractivity contribution in [3.63, 3.8) is 0 Å². The molecule has 102 valence electrons. The van der Waals surface area contributed by atoms with Gasteiger partial charge in [-0.25, -0.2) is 5.84 Å². The van der Waals surface area contributed by atoms with Gasteiger partial charge < -0.3 is 10.0 Å². The van der Waals surface area contributed by atoms with Crippen LogP contribution in [0.2, 0.25) is 0 Å². The summed E-state index contributed by atoms with van der Waals surface area (Å²) in [5.41, 5.74) is 3.08. The first-order valence-electron chi connectivity index (χ1n) is 6.30. The summed E-state index contributed by atoms with van der Waals surface area (Å²) in [4.78, 5) is 10.6. The van der Waals surface area contributed by atoms with Gasteiger partial charge in [0.25, 0.3) is 0 Å². The number of aromatic nitrogens is 4. The second-order valence-electron chi connectivity index (χ2n) is 4.93. The quantitative estimate of drug-likeness (QED) is 0.439. The van der Waals surface area contributed by atoms with Crippen molar-refractivity contribution in [3.05, 3.63) is 6.20 Å². The molecule has 3 rings (SSSR count). The van der Waals surface area contributed by atoms with Crippen LogP contribution < -0.4 is 16.2 Å². The fraction of sp³-hybridized carbons (Fsp3) is 0.545. The Hall–Kier alpha value is -1.93. The molecule has 0 radical (unpaired) electrons. The largest absolute Gasteiger partial charge is 0.391 e. The molecule has 8 heteroatoms. The van der Waals surface area contributed by atoms with E-state index in [2.05, 4.69) is 32.5 Å². The number of nitrogen functional groups attached to an aromatic ring is 1. The van der Waals surface area contributed by atoms with Crippen LogP contribution in [0.4, 0.5) is 11.8 Å². The highest BCUT2D eigenvalue weighted by Crippen LogP contribution is 2.27. The molecule has 0 bridgehead atoms. The van der Waals surface area contributed by atoms with E-state index in [9.17, 15) is 5.11 Å². The Balaban J connectivity index is 2.01. The molecule has 0 spiro atoms. The molecule has 1 aliphatic heterocycles. The molecule has 0 amide bonds. The maximum absolute atomic E-state index is 10.0. The Kier molecular flexibility index (Phi) is 2.96. The topological polar surface area (TPSA) is 116 Å². The molecular formula is C11H17N7O. The van der Waals surface area contributed by atoms with Crippen molar-refractivity contribution < 1.29 is 5.11 Å². The Morgan fingerprint density at radius 2 is 2.37 bits per heavy atom. The normalized spacial score (nSPS) is 23.8. The Labute approximate surface area is 110 Å². The summed E-state index contributed by atoms with van der Waals surface area (Å²) in [6.07, 6.45) is 2.27. The molecule has 5 N–H and O–H groups in total. The average molecular weight is 263 g/mol. The minimum absolute atomic E-state index is 0.310. The number of piperidine rings is 1. The second-order valence-corrected chi connectivity index (χ2v) is 4.93. The third kappa shape index (κ3) is 2.08. The average Bonchev–Trinajstić information content (AvgIpc) is 2.89. The van der Waals surface area contributed by atoms with E-state index in [1.807, 2.05) is 4.90 Å². The third-order valence-electron chi connectivity index (χ3n) is 3.64. The number of rotatable bonds is 2. The zero-order valence-corrected chi connectivity index (χ0v) is 10.7. The predicted molar refractivity (Wildman–Crippen MR) is 71.5 cm³/mol. The van der Waals surface area contributed by atoms with Crippen LogP contribution in [-0.4, -0.2) is 44.5 Å². The fourth-order valence-electron chi connectivity index (χ4n) is 2.37. The molecule has 1 aliphatic rings. The van der Waals surface area contributed by atoms with Gasteiger partial charge in [-0.3, -0.25) is 10.5 Å². The molecule has 3 heterocycles. The van der Waals surface area contributed by atoms with Crippen molar-refractivity contribution in [2.45, 2.75) is 19.4 Å². The number of hydrogen-bond acceptors (Lipinski definition) is 7. The highest BCUT2D eigenvalue weighted by molar-refractivity contribution is 5.87. The van der Waals surface area contributed by atoms with Gasteiger partial charge in [0.2, 0.25) is 5.95 Å². The third-order valence-corrected chi connectivity index (χ3v) is 3.64. The van der Waals surface area contributed by atoms with E-state index in [1.165, 1.54) is 0 Å². The molecule has 0 aromatic carbocycles. The maximum atomic E-state index is 10.0. The summed E-state index contributed by atoms with van der Waals surface area (Å²) in [6.45, 7) is 3.46. The number of aliphatic hydroxyl groups excluding tert-OH is 1. The van der Waals surface area contributed by atoms with Crippen LogP contribution in [0.5, 0.6) is 0 Å². The van der Waals surface area contributed by atoms with Gasteiger partial charge >= 0.3 is 0 Å². The summed E-state index contributed by atoms with van der Waals surface area (Å²) < 4.78 is 0. The standard InChI is InChI=1S/C11H17N7O/c1-6-2-3-18(5-8(6)19)10-7-4-13-17-9(7)14-11(15-10)16-12/h4,6,8,19H,2-3,5,12H2,1H3,(H2,13,14,15,16,17). The molecule has 1 fully saturated rings. The summed E-state index contributed by atoms with van der Waals surface area (Å²) in [5, 5.41) is 17.6. The second kappa shape index (κ2) is 4.63. The maximum Gasteiger partial charge on any atom is 0.241 e.